The summed E-state index contributed by atoms with van der Waals surface area (Å²) >= 11 is 17.9. The summed E-state index contributed by atoms with van der Waals surface area (Å²) < 4.78 is 7.47. The molecule has 0 atom stereocenters. The van der Waals surface area contributed by atoms with Gasteiger partial charge in [0.15, 0.2) is 5.82 Å². The molecular formula is C24H18Cl3N3O2. The zero-order valence-electron chi connectivity index (χ0n) is 16.8. The third-order valence-corrected chi connectivity index (χ3v) is 5.61. The molecule has 3 aromatic carbocycles. The highest BCUT2D eigenvalue weighted by molar-refractivity contribution is 6.42. The first-order chi connectivity index (χ1) is 15.5. The van der Waals surface area contributed by atoms with Gasteiger partial charge in [0.1, 0.15) is 12.4 Å². The monoisotopic (exact) mass is 485 g/mol. The van der Waals surface area contributed by atoms with Crippen LogP contribution in [0, 0.1) is 0 Å². The van der Waals surface area contributed by atoms with Gasteiger partial charge in [0.25, 0.3) is 5.91 Å². The number of carbonyl (C=O) groups excluding carboxylic acids is 1. The Balaban J connectivity index is 1.37. The van der Waals surface area contributed by atoms with E-state index >= 15 is 0 Å². The number of benzene rings is 3. The quantitative estimate of drug-likeness (QED) is 0.315. The molecule has 0 aliphatic rings. The number of nitrogens with zero attached hydrogens (tertiary/aromatic N) is 2. The number of amides is 1. The fourth-order valence-electron chi connectivity index (χ4n) is 3.03. The molecule has 0 radical (unpaired) electrons. The van der Waals surface area contributed by atoms with Crippen LogP contribution in [0.1, 0.15) is 21.5 Å². The van der Waals surface area contributed by atoms with Gasteiger partial charge in [-0.3, -0.25) is 9.48 Å². The molecule has 0 aliphatic carbocycles. The molecule has 0 fully saturated rings. The third kappa shape index (κ3) is 5.82. The van der Waals surface area contributed by atoms with E-state index in [0.29, 0.717) is 45.4 Å². The molecule has 162 valence electrons. The largest absolute Gasteiger partial charge is 0.489 e. The van der Waals surface area contributed by atoms with Crippen LogP contribution in [0.25, 0.3) is 0 Å². The summed E-state index contributed by atoms with van der Waals surface area (Å²) in [7, 11) is 0. The molecule has 0 saturated carbocycles. The maximum atomic E-state index is 12.7. The van der Waals surface area contributed by atoms with Crippen LogP contribution in [-0.4, -0.2) is 15.7 Å². The number of rotatable bonds is 7. The maximum absolute atomic E-state index is 12.7. The van der Waals surface area contributed by atoms with Gasteiger partial charge in [-0.2, -0.15) is 5.10 Å². The van der Waals surface area contributed by atoms with Gasteiger partial charge in [-0.05, 0) is 59.7 Å². The molecule has 0 bridgehead atoms. The lowest BCUT2D eigenvalue weighted by Gasteiger charge is -2.08. The summed E-state index contributed by atoms with van der Waals surface area (Å²) in [5.74, 6) is 0.910. The van der Waals surface area contributed by atoms with E-state index in [-0.39, 0.29) is 5.91 Å². The van der Waals surface area contributed by atoms with Gasteiger partial charge in [-0.1, -0.05) is 53.0 Å². The van der Waals surface area contributed by atoms with E-state index < -0.39 is 0 Å². The second kappa shape index (κ2) is 10.1. The van der Waals surface area contributed by atoms with Crippen molar-refractivity contribution >= 4 is 46.5 Å². The van der Waals surface area contributed by atoms with Crippen molar-refractivity contribution in [2.45, 2.75) is 13.2 Å². The highest BCUT2D eigenvalue weighted by Crippen LogP contribution is 2.23. The molecule has 5 nitrogen and oxygen atoms in total. The average molecular weight is 487 g/mol. The molecule has 1 N–H and O–H groups in total. The Bertz CT molecular complexity index is 1240. The minimum absolute atomic E-state index is 0.252. The highest BCUT2D eigenvalue weighted by atomic mass is 35.5. The Morgan fingerprint density at radius 1 is 0.906 bits per heavy atom. The standard InChI is InChI=1S/C24H18Cl3N3O2/c25-19-5-7-20(8-6-19)32-15-17-2-1-3-18(12-17)24(31)28-23-10-11-30(29-23)14-16-4-9-21(26)22(27)13-16/h1-13H,14-15H2,(H,28,29,31). The van der Waals surface area contributed by atoms with E-state index in [1.165, 1.54) is 0 Å². The topological polar surface area (TPSA) is 56.2 Å². The number of halogens is 3. The minimum Gasteiger partial charge on any atom is -0.489 e. The van der Waals surface area contributed by atoms with Crippen molar-refractivity contribution < 1.29 is 9.53 Å². The number of hydrogen-bond acceptors (Lipinski definition) is 3. The third-order valence-electron chi connectivity index (χ3n) is 4.62. The Hall–Kier alpha value is -2.99. The van der Waals surface area contributed by atoms with Crippen LogP contribution in [0.4, 0.5) is 5.82 Å². The van der Waals surface area contributed by atoms with Gasteiger partial charge < -0.3 is 10.1 Å². The summed E-state index contributed by atoms with van der Waals surface area (Å²) in [6.07, 6.45) is 1.79. The summed E-state index contributed by atoms with van der Waals surface area (Å²) in [6.45, 7) is 0.839. The second-order valence-corrected chi connectivity index (χ2v) is 8.29. The van der Waals surface area contributed by atoms with Crippen LogP contribution >= 0.6 is 34.8 Å². The molecule has 1 aromatic heterocycles. The van der Waals surface area contributed by atoms with Gasteiger partial charge in [0.05, 0.1) is 16.6 Å². The van der Waals surface area contributed by atoms with E-state index in [4.69, 9.17) is 39.5 Å². The summed E-state index contributed by atoms with van der Waals surface area (Å²) in [6, 6.07) is 21.5. The van der Waals surface area contributed by atoms with Crippen molar-refractivity contribution in [2.75, 3.05) is 5.32 Å². The van der Waals surface area contributed by atoms with Crippen molar-refractivity contribution in [3.8, 4) is 5.75 Å². The lowest BCUT2D eigenvalue weighted by Crippen LogP contribution is -2.13. The summed E-state index contributed by atoms with van der Waals surface area (Å²) in [5.41, 5.74) is 2.34. The van der Waals surface area contributed by atoms with Gasteiger partial charge in [0.2, 0.25) is 0 Å². The summed E-state index contributed by atoms with van der Waals surface area (Å²) in [5, 5.41) is 8.86. The van der Waals surface area contributed by atoms with Crippen molar-refractivity contribution in [2.24, 2.45) is 0 Å². The predicted octanol–water partition coefficient (Wildman–Crippen LogP) is 6.72. The first-order valence-corrected chi connectivity index (χ1v) is 10.9. The van der Waals surface area contributed by atoms with E-state index in [1.54, 1.807) is 65.5 Å². The number of carbonyl (C=O) groups is 1. The normalized spacial score (nSPS) is 10.7. The molecule has 1 amide bonds. The van der Waals surface area contributed by atoms with Crippen LogP contribution in [0.5, 0.6) is 5.75 Å². The number of nitrogens with one attached hydrogen (secondary N) is 1. The van der Waals surface area contributed by atoms with E-state index in [0.717, 1.165) is 11.1 Å². The Kier molecular flexibility index (Phi) is 7.00. The van der Waals surface area contributed by atoms with Crippen LogP contribution < -0.4 is 10.1 Å². The zero-order chi connectivity index (χ0) is 22.5. The average Bonchev–Trinajstić information content (AvgIpc) is 3.22. The van der Waals surface area contributed by atoms with Gasteiger partial charge in [0, 0.05) is 22.8 Å². The lowest BCUT2D eigenvalue weighted by molar-refractivity contribution is 0.102. The van der Waals surface area contributed by atoms with Gasteiger partial charge >= 0.3 is 0 Å². The highest BCUT2D eigenvalue weighted by Gasteiger charge is 2.10. The first kappa shape index (κ1) is 22.2. The molecule has 4 aromatic rings. The van der Waals surface area contributed by atoms with Crippen molar-refractivity contribution in [3.05, 3.63) is 111 Å². The Morgan fingerprint density at radius 2 is 1.72 bits per heavy atom. The van der Waals surface area contributed by atoms with Crippen LogP contribution in [-0.2, 0) is 13.2 Å². The van der Waals surface area contributed by atoms with Gasteiger partial charge in [-0.25, -0.2) is 0 Å². The van der Waals surface area contributed by atoms with E-state index in [1.807, 2.05) is 18.2 Å². The number of ether oxygens (including phenoxy) is 1. The molecule has 8 heteroatoms. The Morgan fingerprint density at radius 3 is 2.50 bits per heavy atom. The van der Waals surface area contributed by atoms with Crippen LogP contribution in [0.3, 0.4) is 0 Å². The fourth-order valence-corrected chi connectivity index (χ4v) is 3.48. The fraction of sp³-hybridized carbons (Fsp3) is 0.0833. The molecule has 4 rings (SSSR count). The summed E-state index contributed by atoms with van der Waals surface area (Å²) in [4.78, 5) is 12.7. The van der Waals surface area contributed by atoms with Gasteiger partial charge in [-0.15, -0.1) is 0 Å². The molecule has 0 spiro atoms. The second-order valence-electron chi connectivity index (χ2n) is 7.04. The molecule has 0 aliphatic heterocycles. The molecule has 0 saturated heterocycles. The SMILES string of the molecule is O=C(Nc1ccn(Cc2ccc(Cl)c(Cl)c2)n1)c1cccc(COc2ccc(Cl)cc2)c1. The number of aromatic nitrogens is 2. The zero-order valence-corrected chi connectivity index (χ0v) is 19.0. The Labute approximate surface area is 200 Å². The molecule has 32 heavy (non-hydrogen) atoms. The number of hydrogen-bond donors (Lipinski definition) is 1. The van der Waals surface area contributed by atoms with Crippen LogP contribution in [0.15, 0.2) is 79.0 Å². The minimum atomic E-state index is -0.252. The maximum Gasteiger partial charge on any atom is 0.256 e. The molecule has 0 unspecified atom stereocenters. The van der Waals surface area contributed by atoms with Crippen molar-refractivity contribution in [3.63, 3.8) is 0 Å². The van der Waals surface area contributed by atoms with E-state index in [2.05, 4.69) is 10.4 Å². The lowest BCUT2D eigenvalue weighted by atomic mass is 10.1. The first-order valence-electron chi connectivity index (χ1n) is 9.72. The smallest absolute Gasteiger partial charge is 0.256 e. The molecule has 1 heterocycles. The van der Waals surface area contributed by atoms with E-state index in [9.17, 15) is 4.79 Å². The molecular weight excluding hydrogens is 469 g/mol. The van der Waals surface area contributed by atoms with Crippen molar-refractivity contribution in [1.29, 1.82) is 0 Å². The van der Waals surface area contributed by atoms with Crippen molar-refractivity contribution in [1.82, 2.24) is 9.78 Å². The van der Waals surface area contributed by atoms with Crippen LogP contribution in [0.2, 0.25) is 15.1 Å². The predicted molar refractivity (Wildman–Crippen MR) is 128 cm³/mol. The number of anilines is 1.